The Labute approximate surface area is 248 Å². The Bertz CT molecular complexity index is 1750. The molecule has 4 aromatic rings. The predicted molar refractivity (Wildman–Crippen MR) is 152 cm³/mol. The molecule has 0 bridgehead atoms. The number of esters is 1. The van der Waals surface area contributed by atoms with Crippen molar-refractivity contribution in [3.63, 3.8) is 0 Å². The number of thioether (sulfide) groups is 1. The van der Waals surface area contributed by atoms with Gasteiger partial charge in [0.15, 0.2) is 18.1 Å². The molecule has 6 rings (SSSR count). The van der Waals surface area contributed by atoms with Crippen molar-refractivity contribution < 1.29 is 38.1 Å². The van der Waals surface area contributed by atoms with Gasteiger partial charge in [0.25, 0.3) is 0 Å². The van der Waals surface area contributed by atoms with Crippen molar-refractivity contribution in [2.24, 2.45) is 0 Å². The summed E-state index contributed by atoms with van der Waals surface area (Å²) in [7, 11) is 1.45. The van der Waals surface area contributed by atoms with Gasteiger partial charge >= 0.3 is 5.97 Å². The molecule has 0 spiro atoms. The van der Waals surface area contributed by atoms with Crippen LogP contribution in [0.2, 0.25) is 0 Å². The number of carbonyl (C=O) groups is 4. The molecule has 0 radical (unpaired) electrons. The van der Waals surface area contributed by atoms with Crippen LogP contribution in [0.3, 0.4) is 0 Å². The Kier molecular flexibility index (Phi) is 7.71. The van der Waals surface area contributed by atoms with Gasteiger partial charge in [0.2, 0.25) is 29.5 Å². The van der Waals surface area contributed by atoms with Gasteiger partial charge in [0, 0.05) is 12.0 Å². The zero-order valence-electron chi connectivity index (χ0n) is 22.6. The normalized spacial score (nSPS) is 15.5. The van der Waals surface area contributed by atoms with Gasteiger partial charge in [-0.2, -0.15) is 5.10 Å². The van der Waals surface area contributed by atoms with E-state index in [9.17, 15) is 19.2 Å². The number of nitrogens with zero attached hydrogens (tertiary/aromatic N) is 4. The Balaban J connectivity index is 1.09. The average molecular weight is 599 g/mol. The number of amides is 2. The minimum Gasteiger partial charge on any atom is -0.496 e. The van der Waals surface area contributed by atoms with Crippen molar-refractivity contribution in [1.29, 1.82) is 0 Å². The molecule has 2 amide bonds. The Morgan fingerprint density at radius 3 is 2.63 bits per heavy atom. The van der Waals surface area contributed by atoms with Gasteiger partial charge in [-0.1, -0.05) is 23.9 Å². The largest absolute Gasteiger partial charge is 0.496 e. The molecule has 0 aliphatic carbocycles. The quantitative estimate of drug-likeness (QED) is 0.157. The number of para-hydroxylation sites is 1. The molecular weight excluding hydrogens is 576 g/mol. The first-order chi connectivity index (χ1) is 20.9. The summed E-state index contributed by atoms with van der Waals surface area (Å²) in [6, 6.07) is 17.8. The SMILES string of the molecule is COc1ccccc1C(=O)COC(=O)c1ccc(N2C(=O)CC(Sc3nncc(-c4ccc5c(c4)OCO5)n3)C2=O)cc1. The van der Waals surface area contributed by atoms with Crippen molar-refractivity contribution in [2.75, 3.05) is 25.4 Å². The lowest BCUT2D eigenvalue weighted by Gasteiger charge is -2.15. The van der Waals surface area contributed by atoms with Crippen LogP contribution in [0, 0.1) is 0 Å². The van der Waals surface area contributed by atoms with Crippen LogP contribution in [0.15, 0.2) is 78.1 Å². The lowest BCUT2D eigenvalue weighted by Crippen LogP contribution is -2.31. The van der Waals surface area contributed by atoms with Gasteiger partial charge in [-0.15, -0.1) is 5.10 Å². The minimum absolute atomic E-state index is 0.0596. The maximum absolute atomic E-state index is 13.2. The number of hydrogen-bond acceptors (Lipinski definition) is 12. The van der Waals surface area contributed by atoms with Gasteiger partial charge in [-0.3, -0.25) is 14.4 Å². The molecule has 1 unspecified atom stereocenters. The second kappa shape index (κ2) is 11.9. The summed E-state index contributed by atoms with van der Waals surface area (Å²) in [6.45, 7) is -0.329. The maximum atomic E-state index is 13.2. The summed E-state index contributed by atoms with van der Waals surface area (Å²) < 4.78 is 21.1. The zero-order chi connectivity index (χ0) is 29.9. The van der Waals surface area contributed by atoms with E-state index >= 15 is 0 Å². The van der Waals surface area contributed by atoms with Gasteiger partial charge in [-0.25, -0.2) is 14.7 Å². The average Bonchev–Trinajstić information content (AvgIpc) is 3.62. The molecule has 43 heavy (non-hydrogen) atoms. The fourth-order valence-corrected chi connectivity index (χ4v) is 5.47. The number of methoxy groups -OCH3 is 1. The third-order valence-corrected chi connectivity index (χ3v) is 7.70. The molecule has 2 aliphatic heterocycles. The van der Waals surface area contributed by atoms with Crippen molar-refractivity contribution in [1.82, 2.24) is 15.2 Å². The van der Waals surface area contributed by atoms with E-state index in [0.717, 1.165) is 22.2 Å². The van der Waals surface area contributed by atoms with Crippen LogP contribution in [0.25, 0.3) is 11.3 Å². The molecule has 1 fully saturated rings. The summed E-state index contributed by atoms with van der Waals surface area (Å²) in [4.78, 5) is 56.7. The number of aromatic nitrogens is 3. The van der Waals surface area contributed by atoms with Crippen molar-refractivity contribution in [3.8, 4) is 28.5 Å². The molecule has 0 N–H and O–H groups in total. The molecule has 3 aromatic carbocycles. The molecule has 12 nitrogen and oxygen atoms in total. The third kappa shape index (κ3) is 5.75. The summed E-state index contributed by atoms with van der Waals surface area (Å²) >= 11 is 1.05. The van der Waals surface area contributed by atoms with Crippen molar-refractivity contribution in [3.05, 3.63) is 84.1 Å². The molecular formula is C30H22N4O8S. The highest BCUT2D eigenvalue weighted by Gasteiger charge is 2.41. The predicted octanol–water partition coefficient (Wildman–Crippen LogP) is 3.74. The highest BCUT2D eigenvalue weighted by molar-refractivity contribution is 8.00. The van der Waals surface area contributed by atoms with Crippen LogP contribution >= 0.6 is 11.8 Å². The topological polar surface area (TPSA) is 147 Å². The van der Waals surface area contributed by atoms with Crippen LogP contribution in [0.1, 0.15) is 27.1 Å². The molecule has 1 saturated heterocycles. The van der Waals surface area contributed by atoms with Gasteiger partial charge in [-0.05, 0) is 54.6 Å². The summed E-state index contributed by atoms with van der Waals surface area (Å²) in [5.41, 5.74) is 2.01. The smallest absolute Gasteiger partial charge is 0.338 e. The summed E-state index contributed by atoms with van der Waals surface area (Å²) in [5, 5.41) is 7.52. The van der Waals surface area contributed by atoms with E-state index < -0.39 is 35.4 Å². The third-order valence-electron chi connectivity index (χ3n) is 6.66. The van der Waals surface area contributed by atoms with E-state index in [1.54, 1.807) is 36.4 Å². The fraction of sp³-hybridized carbons (Fsp3) is 0.167. The van der Waals surface area contributed by atoms with Crippen LogP contribution in [-0.4, -0.2) is 64.5 Å². The summed E-state index contributed by atoms with van der Waals surface area (Å²) in [5.74, 6) is -0.374. The standard InChI is InChI=1S/C30H22N4O8S/c1-39-23-5-3-2-4-20(23)22(35)15-40-29(38)17-6-9-19(10-7-17)34-27(36)13-26(28(34)37)43-30-32-21(14-31-33-30)18-8-11-24-25(12-18)42-16-41-24/h2-12,14,26H,13,15-16H2,1H3. The number of anilines is 1. The number of imide groups is 1. The Morgan fingerprint density at radius 1 is 1.02 bits per heavy atom. The Hall–Kier alpha value is -5.30. The second-order valence-corrected chi connectivity index (χ2v) is 10.5. The second-order valence-electron chi connectivity index (χ2n) is 9.32. The zero-order valence-corrected chi connectivity index (χ0v) is 23.4. The van der Waals surface area contributed by atoms with Crippen LogP contribution in [0.5, 0.6) is 17.2 Å². The summed E-state index contributed by atoms with van der Waals surface area (Å²) in [6.07, 6.45) is 1.44. The first-order valence-corrected chi connectivity index (χ1v) is 13.9. The number of carbonyl (C=O) groups excluding carboxylic acids is 4. The van der Waals surface area contributed by atoms with E-state index in [1.165, 1.54) is 37.6 Å². The highest BCUT2D eigenvalue weighted by atomic mass is 32.2. The fourth-order valence-electron chi connectivity index (χ4n) is 4.54. The number of Topliss-reactive ketones (excluding diaryl/α,β-unsaturated/α-hetero) is 1. The Morgan fingerprint density at radius 2 is 1.81 bits per heavy atom. The van der Waals surface area contributed by atoms with Gasteiger partial charge in [0.1, 0.15) is 11.0 Å². The number of rotatable bonds is 9. The first kappa shape index (κ1) is 27.8. The maximum Gasteiger partial charge on any atom is 0.338 e. The van der Waals surface area contributed by atoms with E-state index in [-0.39, 0.29) is 23.9 Å². The number of benzene rings is 3. The molecule has 3 heterocycles. The van der Waals surface area contributed by atoms with Gasteiger partial charge < -0.3 is 18.9 Å². The molecule has 1 atom stereocenters. The van der Waals surface area contributed by atoms with E-state index in [2.05, 4.69) is 15.2 Å². The number of hydrogen-bond donors (Lipinski definition) is 0. The van der Waals surface area contributed by atoms with E-state index in [1.807, 2.05) is 6.07 Å². The monoisotopic (exact) mass is 598 g/mol. The van der Waals surface area contributed by atoms with Crippen molar-refractivity contribution in [2.45, 2.75) is 16.8 Å². The molecule has 216 valence electrons. The van der Waals surface area contributed by atoms with Crippen LogP contribution < -0.4 is 19.1 Å². The lowest BCUT2D eigenvalue weighted by molar-refractivity contribution is -0.121. The number of fused-ring (bicyclic) bond motifs is 1. The number of ether oxygens (including phenoxy) is 4. The first-order valence-electron chi connectivity index (χ1n) is 13.0. The molecule has 1 aromatic heterocycles. The van der Waals surface area contributed by atoms with Gasteiger partial charge in [0.05, 0.1) is 35.8 Å². The minimum atomic E-state index is -0.757. The van der Waals surface area contributed by atoms with E-state index in [4.69, 9.17) is 18.9 Å². The van der Waals surface area contributed by atoms with Crippen LogP contribution in [0.4, 0.5) is 5.69 Å². The number of ketones is 1. The molecule has 0 saturated carbocycles. The van der Waals surface area contributed by atoms with E-state index in [0.29, 0.717) is 34.2 Å². The molecule has 2 aliphatic rings. The molecule has 13 heteroatoms. The lowest BCUT2D eigenvalue weighted by atomic mass is 10.1. The highest BCUT2D eigenvalue weighted by Crippen LogP contribution is 2.36. The van der Waals surface area contributed by atoms with Crippen LogP contribution in [-0.2, 0) is 14.3 Å². The van der Waals surface area contributed by atoms with Crippen molar-refractivity contribution >= 4 is 41.0 Å².